The van der Waals surface area contributed by atoms with Crippen LogP contribution in [-0.4, -0.2) is 67.9 Å². The number of carboxylic acid groups (broad SMARTS) is 1. The average Bonchev–Trinajstić information content (AvgIpc) is 3.25. The van der Waals surface area contributed by atoms with E-state index in [-0.39, 0.29) is 23.6 Å². The van der Waals surface area contributed by atoms with Gasteiger partial charge in [0.2, 0.25) is 5.91 Å². The minimum atomic E-state index is -1.08. The number of nitrogens with zero attached hydrogens (tertiary/aromatic N) is 3. The Hall–Kier alpha value is -2.74. The first-order chi connectivity index (χ1) is 13.4. The maximum atomic E-state index is 12.4. The summed E-state index contributed by atoms with van der Waals surface area (Å²) >= 11 is 0. The van der Waals surface area contributed by atoms with Gasteiger partial charge in [0.25, 0.3) is 0 Å². The summed E-state index contributed by atoms with van der Waals surface area (Å²) in [6, 6.07) is 3.53. The number of carboxylic acids is 1. The molecule has 2 fully saturated rings. The molecule has 1 amide bonds. The summed E-state index contributed by atoms with van der Waals surface area (Å²) in [4.78, 5) is 31.6. The predicted octanol–water partition coefficient (Wildman–Crippen LogP) is 0.873. The lowest BCUT2D eigenvalue weighted by molar-refractivity contribution is -0.161. The number of β-lactam (4-membered cyclic amide) rings is 1. The summed E-state index contributed by atoms with van der Waals surface area (Å²) in [5.74, 6) is -1.40. The summed E-state index contributed by atoms with van der Waals surface area (Å²) in [6.07, 6.45) is 4.41. The topological polar surface area (TPSA) is 118 Å². The van der Waals surface area contributed by atoms with Crippen molar-refractivity contribution in [2.45, 2.75) is 38.3 Å². The quantitative estimate of drug-likeness (QED) is 0.394. The zero-order valence-electron chi connectivity index (χ0n) is 15.7. The molecule has 0 aliphatic carbocycles. The number of aliphatic hydroxyl groups excluding tert-OH is 1. The van der Waals surface area contributed by atoms with Gasteiger partial charge >= 0.3 is 5.97 Å². The smallest absolute Gasteiger partial charge is 0.352 e. The molecule has 4 heterocycles. The zero-order valence-corrected chi connectivity index (χ0v) is 15.7. The molecule has 1 aromatic heterocycles. The third kappa shape index (κ3) is 2.97. The van der Waals surface area contributed by atoms with Gasteiger partial charge in [0.1, 0.15) is 11.5 Å². The standard InChI is InChI=1S/C20H24N4O4/c1-11(25)17-15-8-14(18(20(27)28)24(15)19(17)26)13-4-6-23(10-13)16(21)7-12-3-2-5-22-9-12/h2-3,5,9,11,13,15,17,21,25H,4,6-8,10H2,1H3,(H,27,28)/t11-,13-,15-,17-/m1/s1. The Morgan fingerprint density at radius 1 is 1.46 bits per heavy atom. The molecule has 0 spiro atoms. The highest BCUT2D eigenvalue weighted by Crippen LogP contribution is 2.47. The Morgan fingerprint density at radius 2 is 2.25 bits per heavy atom. The molecule has 4 rings (SSSR count). The van der Waals surface area contributed by atoms with Crippen LogP contribution in [0.25, 0.3) is 0 Å². The molecule has 3 aliphatic rings. The van der Waals surface area contributed by atoms with E-state index in [2.05, 4.69) is 4.98 Å². The summed E-state index contributed by atoms with van der Waals surface area (Å²) < 4.78 is 0. The molecule has 0 unspecified atom stereocenters. The second-order valence-electron chi connectivity index (χ2n) is 7.84. The summed E-state index contributed by atoms with van der Waals surface area (Å²) in [6.45, 7) is 2.85. The number of pyridine rings is 1. The Labute approximate surface area is 163 Å². The third-order valence-electron chi connectivity index (χ3n) is 6.12. The van der Waals surface area contributed by atoms with Crippen molar-refractivity contribution in [1.82, 2.24) is 14.8 Å². The van der Waals surface area contributed by atoms with Gasteiger partial charge in [0.15, 0.2) is 0 Å². The highest BCUT2D eigenvalue weighted by Gasteiger charge is 2.57. The van der Waals surface area contributed by atoms with E-state index in [1.54, 1.807) is 19.3 Å². The van der Waals surface area contributed by atoms with Gasteiger partial charge in [-0.25, -0.2) is 4.79 Å². The minimum absolute atomic E-state index is 0.00778. The number of aromatic nitrogens is 1. The Balaban J connectivity index is 1.48. The van der Waals surface area contributed by atoms with Crippen LogP contribution in [0, 0.1) is 17.2 Å². The van der Waals surface area contributed by atoms with Gasteiger partial charge in [-0.15, -0.1) is 0 Å². The minimum Gasteiger partial charge on any atom is -0.477 e. The highest BCUT2D eigenvalue weighted by atomic mass is 16.4. The molecule has 3 N–H and O–H groups in total. The van der Waals surface area contributed by atoms with Gasteiger partial charge < -0.3 is 20.0 Å². The molecule has 0 radical (unpaired) electrons. The van der Waals surface area contributed by atoms with Crippen LogP contribution in [-0.2, 0) is 16.0 Å². The lowest BCUT2D eigenvalue weighted by Crippen LogP contribution is -2.61. The first-order valence-electron chi connectivity index (χ1n) is 9.57. The van der Waals surface area contributed by atoms with Crippen molar-refractivity contribution in [3.8, 4) is 0 Å². The van der Waals surface area contributed by atoms with E-state index in [0.29, 0.717) is 31.8 Å². The Kier molecular flexibility index (Phi) is 4.66. The molecule has 0 bridgehead atoms. The van der Waals surface area contributed by atoms with Gasteiger partial charge in [0, 0.05) is 37.8 Å². The SMILES string of the molecule is C[C@@H](O)[C@H]1C(=O)N2C(C(=O)O)=C([C@@H]3CCN(C(=N)Cc4cccnc4)C3)C[C@H]12. The van der Waals surface area contributed by atoms with Gasteiger partial charge in [-0.3, -0.25) is 15.2 Å². The number of likely N-dealkylation sites (tertiary alicyclic amines) is 1. The normalized spacial score (nSPS) is 27.6. The molecular weight excluding hydrogens is 360 g/mol. The Bertz CT molecular complexity index is 851. The number of hydrogen-bond acceptors (Lipinski definition) is 5. The van der Waals surface area contributed by atoms with Gasteiger partial charge in [0.05, 0.1) is 18.1 Å². The largest absolute Gasteiger partial charge is 0.477 e. The van der Waals surface area contributed by atoms with Crippen molar-refractivity contribution < 1.29 is 19.8 Å². The summed E-state index contributed by atoms with van der Waals surface area (Å²) in [5.41, 5.74) is 1.85. The number of fused-ring (bicyclic) bond motifs is 1. The van der Waals surface area contributed by atoms with Crippen LogP contribution >= 0.6 is 0 Å². The fourth-order valence-electron chi connectivity index (χ4n) is 4.76. The fourth-order valence-corrected chi connectivity index (χ4v) is 4.76. The molecule has 3 aliphatic heterocycles. The van der Waals surface area contributed by atoms with Gasteiger partial charge in [-0.05, 0) is 37.0 Å². The maximum Gasteiger partial charge on any atom is 0.352 e. The van der Waals surface area contributed by atoms with Crippen molar-refractivity contribution in [3.05, 3.63) is 41.4 Å². The van der Waals surface area contributed by atoms with Crippen LogP contribution in [0.15, 0.2) is 35.8 Å². The van der Waals surface area contributed by atoms with Crippen molar-refractivity contribution in [2.24, 2.45) is 11.8 Å². The molecule has 2 saturated heterocycles. The summed E-state index contributed by atoms with van der Waals surface area (Å²) in [7, 11) is 0. The van der Waals surface area contributed by atoms with E-state index in [0.717, 1.165) is 17.6 Å². The molecule has 8 nitrogen and oxygen atoms in total. The van der Waals surface area contributed by atoms with Gasteiger partial charge in [-0.2, -0.15) is 0 Å². The van der Waals surface area contributed by atoms with Crippen LogP contribution in [0.3, 0.4) is 0 Å². The maximum absolute atomic E-state index is 12.4. The number of rotatable bonds is 5. The first kappa shape index (κ1) is 18.6. The average molecular weight is 384 g/mol. The van der Waals surface area contributed by atoms with Crippen LogP contribution < -0.4 is 0 Å². The number of amidine groups is 1. The van der Waals surface area contributed by atoms with Crippen LogP contribution in [0.2, 0.25) is 0 Å². The lowest BCUT2D eigenvalue weighted by atomic mass is 9.82. The number of carbonyl (C=O) groups excluding carboxylic acids is 1. The zero-order chi connectivity index (χ0) is 20.0. The first-order valence-corrected chi connectivity index (χ1v) is 9.57. The van der Waals surface area contributed by atoms with E-state index in [1.807, 2.05) is 17.0 Å². The van der Waals surface area contributed by atoms with Crippen LogP contribution in [0.5, 0.6) is 0 Å². The number of amides is 1. The fraction of sp³-hybridized carbons (Fsp3) is 0.500. The van der Waals surface area contributed by atoms with Gasteiger partial charge in [-0.1, -0.05) is 6.07 Å². The van der Waals surface area contributed by atoms with Crippen LogP contribution in [0.4, 0.5) is 0 Å². The van der Waals surface area contributed by atoms with E-state index >= 15 is 0 Å². The molecule has 8 heteroatoms. The molecule has 0 aromatic carbocycles. The van der Waals surface area contributed by atoms with Crippen molar-refractivity contribution >= 4 is 17.7 Å². The third-order valence-corrected chi connectivity index (χ3v) is 6.12. The molecule has 0 saturated carbocycles. The number of carbonyl (C=O) groups is 2. The second kappa shape index (κ2) is 7.01. The Morgan fingerprint density at radius 3 is 2.89 bits per heavy atom. The molecular formula is C20H24N4O4. The monoisotopic (exact) mass is 384 g/mol. The van der Waals surface area contributed by atoms with Crippen molar-refractivity contribution in [3.63, 3.8) is 0 Å². The number of aliphatic hydroxyl groups is 1. The van der Waals surface area contributed by atoms with E-state index in [4.69, 9.17) is 5.41 Å². The number of aliphatic carboxylic acids is 1. The molecule has 148 valence electrons. The van der Waals surface area contributed by atoms with E-state index < -0.39 is 18.0 Å². The predicted molar refractivity (Wildman–Crippen MR) is 100 cm³/mol. The van der Waals surface area contributed by atoms with Crippen LogP contribution in [0.1, 0.15) is 25.3 Å². The van der Waals surface area contributed by atoms with Crippen molar-refractivity contribution in [1.29, 1.82) is 5.41 Å². The van der Waals surface area contributed by atoms with E-state index in [9.17, 15) is 19.8 Å². The molecule has 4 atom stereocenters. The highest BCUT2D eigenvalue weighted by molar-refractivity contribution is 5.99. The van der Waals surface area contributed by atoms with E-state index in [1.165, 1.54) is 4.90 Å². The molecule has 28 heavy (non-hydrogen) atoms. The summed E-state index contributed by atoms with van der Waals surface area (Å²) in [5, 5.41) is 28.0. The lowest BCUT2D eigenvalue weighted by Gasteiger charge is -2.44. The molecule has 1 aromatic rings. The number of nitrogens with one attached hydrogen (secondary N) is 1. The van der Waals surface area contributed by atoms with Crippen molar-refractivity contribution in [2.75, 3.05) is 13.1 Å². The second-order valence-corrected chi connectivity index (χ2v) is 7.84. The number of hydrogen-bond donors (Lipinski definition) is 3.